The summed E-state index contributed by atoms with van der Waals surface area (Å²) in [6.45, 7) is 0. The van der Waals surface area contributed by atoms with Gasteiger partial charge < -0.3 is 4.98 Å². The molecule has 70 valence electrons. The molecule has 14 heavy (non-hydrogen) atoms. The van der Waals surface area contributed by atoms with E-state index in [0.29, 0.717) is 16.3 Å². The summed E-state index contributed by atoms with van der Waals surface area (Å²) in [6.07, 6.45) is 1.59. The lowest BCUT2D eigenvalue weighted by molar-refractivity contribution is 0.103. The molecule has 0 saturated heterocycles. The second kappa shape index (κ2) is 3.68. The van der Waals surface area contributed by atoms with Gasteiger partial charge in [-0.15, -0.1) is 0 Å². The van der Waals surface area contributed by atoms with Gasteiger partial charge in [0.05, 0.1) is 10.7 Å². The molecule has 0 unspecified atom stereocenters. The third-order valence-corrected chi connectivity index (χ3v) is 2.15. The highest BCUT2D eigenvalue weighted by Gasteiger charge is 2.09. The number of hydrogen-bond donors (Lipinski definition) is 1. The van der Waals surface area contributed by atoms with Gasteiger partial charge in [-0.2, -0.15) is 0 Å². The van der Waals surface area contributed by atoms with Crippen molar-refractivity contribution in [2.75, 3.05) is 0 Å². The molecule has 3 heteroatoms. The second-order valence-electron chi connectivity index (χ2n) is 2.93. The Labute approximate surface area is 86.5 Å². The highest BCUT2D eigenvalue weighted by atomic mass is 35.5. The van der Waals surface area contributed by atoms with Gasteiger partial charge in [-0.1, -0.05) is 41.9 Å². The maximum atomic E-state index is 11.8. The average molecular weight is 206 g/mol. The van der Waals surface area contributed by atoms with Gasteiger partial charge in [0, 0.05) is 11.8 Å². The quantitative estimate of drug-likeness (QED) is 0.752. The molecule has 0 aliphatic rings. The van der Waals surface area contributed by atoms with Gasteiger partial charge in [0.25, 0.3) is 0 Å². The Kier molecular flexibility index (Phi) is 2.37. The van der Waals surface area contributed by atoms with Crippen LogP contribution in [0.25, 0.3) is 0 Å². The van der Waals surface area contributed by atoms with Crippen molar-refractivity contribution in [3.8, 4) is 0 Å². The Hall–Kier alpha value is -1.54. The number of ketones is 1. The Bertz CT molecular complexity index is 447. The molecular weight excluding hydrogens is 198 g/mol. The van der Waals surface area contributed by atoms with E-state index in [1.54, 1.807) is 24.4 Å². The molecule has 2 aromatic rings. The first-order valence-electron chi connectivity index (χ1n) is 4.21. The van der Waals surface area contributed by atoms with Gasteiger partial charge in [-0.25, -0.2) is 0 Å². The molecule has 0 spiro atoms. The zero-order chi connectivity index (χ0) is 9.97. The van der Waals surface area contributed by atoms with Gasteiger partial charge in [-0.3, -0.25) is 4.79 Å². The Morgan fingerprint density at radius 3 is 2.50 bits per heavy atom. The SMILES string of the molecule is O=C(c1ccccc1)c1cc(Cl)c[nH]1. The van der Waals surface area contributed by atoms with Crippen LogP contribution in [0.5, 0.6) is 0 Å². The van der Waals surface area contributed by atoms with E-state index in [4.69, 9.17) is 11.6 Å². The van der Waals surface area contributed by atoms with E-state index < -0.39 is 0 Å². The summed E-state index contributed by atoms with van der Waals surface area (Å²) < 4.78 is 0. The van der Waals surface area contributed by atoms with Gasteiger partial charge in [-0.05, 0) is 6.07 Å². The minimum atomic E-state index is -0.0440. The number of H-pyrrole nitrogens is 1. The monoisotopic (exact) mass is 205 g/mol. The van der Waals surface area contributed by atoms with Gasteiger partial charge in [0.15, 0.2) is 0 Å². The van der Waals surface area contributed by atoms with Crippen LogP contribution >= 0.6 is 11.6 Å². The molecule has 1 aromatic heterocycles. The first kappa shape index (κ1) is 9.03. The minimum absolute atomic E-state index is 0.0440. The van der Waals surface area contributed by atoms with Crippen LogP contribution in [0.3, 0.4) is 0 Å². The van der Waals surface area contributed by atoms with E-state index >= 15 is 0 Å². The highest BCUT2D eigenvalue weighted by Crippen LogP contribution is 2.13. The lowest BCUT2D eigenvalue weighted by atomic mass is 10.1. The molecule has 0 aliphatic heterocycles. The second-order valence-corrected chi connectivity index (χ2v) is 3.36. The Balaban J connectivity index is 2.34. The van der Waals surface area contributed by atoms with Crippen LogP contribution in [-0.4, -0.2) is 10.8 Å². The van der Waals surface area contributed by atoms with Crippen molar-refractivity contribution in [2.45, 2.75) is 0 Å². The van der Waals surface area contributed by atoms with Crippen LogP contribution in [0.2, 0.25) is 5.02 Å². The molecule has 0 atom stereocenters. The number of benzene rings is 1. The van der Waals surface area contributed by atoms with Crippen molar-refractivity contribution in [3.05, 3.63) is 58.9 Å². The lowest BCUT2D eigenvalue weighted by Gasteiger charge is -1.96. The predicted molar refractivity (Wildman–Crippen MR) is 55.7 cm³/mol. The van der Waals surface area contributed by atoms with Crippen molar-refractivity contribution < 1.29 is 4.79 Å². The number of rotatable bonds is 2. The van der Waals surface area contributed by atoms with E-state index in [1.807, 2.05) is 18.2 Å². The van der Waals surface area contributed by atoms with Gasteiger partial charge >= 0.3 is 0 Å². The molecule has 0 radical (unpaired) electrons. The zero-order valence-corrected chi connectivity index (χ0v) is 8.08. The van der Waals surface area contributed by atoms with Crippen LogP contribution in [0.1, 0.15) is 16.1 Å². The number of carbonyl (C=O) groups excluding carboxylic acids is 1. The first-order valence-corrected chi connectivity index (χ1v) is 4.59. The molecule has 0 fully saturated rings. The number of carbonyl (C=O) groups is 1. The van der Waals surface area contributed by atoms with E-state index in [-0.39, 0.29) is 5.78 Å². The molecule has 2 nitrogen and oxygen atoms in total. The van der Waals surface area contributed by atoms with Crippen molar-refractivity contribution >= 4 is 17.4 Å². The number of aromatic amines is 1. The fourth-order valence-corrected chi connectivity index (χ4v) is 1.41. The van der Waals surface area contributed by atoms with Crippen molar-refractivity contribution in [2.24, 2.45) is 0 Å². The summed E-state index contributed by atoms with van der Waals surface area (Å²) >= 11 is 5.71. The smallest absolute Gasteiger partial charge is 0.209 e. The Morgan fingerprint density at radius 1 is 1.21 bits per heavy atom. The first-order chi connectivity index (χ1) is 6.77. The number of aromatic nitrogens is 1. The van der Waals surface area contributed by atoms with Crippen LogP contribution in [0.4, 0.5) is 0 Å². The summed E-state index contributed by atoms with van der Waals surface area (Å²) in [7, 11) is 0. The Morgan fingerprint density at radius 2 is 1.93 bits per heavy atom. The molecule has 0 bridgehead atoms. The summed E-state index contributed by atoms with van der Waals surface area (Å²) in [5.41, 5.74) is 1.17. The molecule has 2 rings (SSSR count). The normalized spacial score (nSPS) is 10.1. The van der Waals surface area contributed by atoms with Crippen molar-refractivity contribution in [1.29, 1.82) is 0 Å². The third-order valence-electron chi connectivity index (χ3n) is 1.93. The summed E-state index contributed by atoms with van der Waals surface area (Å²) in [5, 5.41) is 0.546. The van der Waals surface area contributed by atoms with Crippen LogP contribution < -0.4 is 0 Å². The highest BCUT2D eigenvalue weighted by molar-refractivity contribution is 6.31. The summed E-state index contributed by atoms with van der Waals surface area (Å²) in [5.74, 6) is -0.0440. The van der Waals surface area contributed by atoms with E-state index in [9.17, 15) is 4.79 Å². The topological polar surface area (TPSA) is 32.9 Å². The molecular formula is C11H8ClNO. The van der Waals surface area contributed by atoms with E-state index in [2.05, 4.69) is 4.98 Å². The number of hydrogen-bond acceptors (Lipinski definition) is 1. The summed E-state index contributed by atoms with van der Waals surface area (Å²) in [4.78, 5) is 14.6. The fraction of sp³-hybridized carbons (Fsp3) is 0. The van der Waals surface area contributed by atoms with Crippen LogP contribution in [0.15, 0.2) is 42.6 Å². The zero-order valence-electron chi connectivity index (χ0n) is 7.33. The predicted octanol–water partition coefficient (Wildman–Crippen LogP) is 2.90. The van der Waals surface area contributed by atoms with Gasteiger partial charge in [0.1, 0.15) is 0 Å². The lowest BCUT2D eigenvalue weighted by Crippen LogP contribution is -2.00. The third kappa shape index (κ3) is 1.70. The average Bonchev–Trinajstić information content (AvgIpc) is 2.65. The maximum absolute atomic E-state index is 11.8. The maximum Gasteiger partial charge on any atom is 0.209 e. The van der Waals surface area contributed by atoms with Gasteiger partial charge in [0.2, 0.25) is 5.78 Å². The van der Waals surface area contributed by atoms with E-state index in [1.165, 1.54) is 0 Å². The molecule has 1 aromatic carbocycles. The fourth-order valence-electron chi connectivity index (χ4n) is 1.24. The molecule has 0 aliphatic carbocycles. The van der Waals surface area contributed by atoms with Crippen molar-refractivity contribution in [3.63, 3.8) is 0 Å². The van der Waals surface area contributed by atoms with Crippen LogP contribution in [-0.2, 0) is 0 Å². The molecule has 0 amide bonds. The standard InChI is InChI=1S/C11H8ClNO/c12-9-6-10(13-7-9)11(14)8-4-2-1-3-5-8/h1-7,13H. The largest absolute Gasteiger partial charge is 0.357 e. The van der Waals surface area contributed by atoms with Crippen molar-refractivity contribution in [1.82, 2.24) is 4.98 Å². The number of halogens is 1. The number of nitrogens with one attached hydrogen (secondary N) is 1. The van der Waals surface area contributed by atoms with E-state index in [0.717, 1.165) is 0 Å². The molecule has 1 heterocycles. The molecule has 0 saturated carbocycles. The summed E-state index contributed by atoms with van der Waals surface area (Å²) in [6, 6.07) is 10.7. The van der Waals surface area contributed by atoms with Crippen LogP contribution in [0, 0.1) is 0 Å². The minimum Gasteiger partial charge on any atom is -0.357 e. The molecule has 1 N–H and O–H groups in total.